The minimum absolute atomic E-state index is 0.0288. The molecular formula is C23H15N3O6. The highest BCUT2D eigenvalue weighted by molar-refractivity contribution is 6.34. The van der Waals surface area contributed by atoms with Crippen LogP contribution in [-0.2, 0) is 0 Å². The van der Waals surface area contributed by atoms with Gasteiger partial charge in [0.15, 0.2) is 5.78 Å². The van der Waals surface area contributed by atoms with E-state index in [2.05, 4.69) is 5.32 Å². The van der Waals surface area contributed by atoms with E-state index in [0.717, 1.165) is 11.0 Å². The van der Waals surface area contributed by atoms with Crippen molar-refractivity contribution in [1.82, 2.24) is 0 Å². The molecule has 0 aromatic heterocycles. The lowest BCUT2D eigenvalue weighted by Gasteiger charge is -2.13. The fourth-order valence-electron chi connectivity index (χ4n) is 3.35. The summed E-state index contributed by atoms with van der Waals surface area (Å²) in [7, 11) is 0. The zero-order chi connectivity index (χ0) is 23.0. The Bertz CT molecular complexity index is 1310. The maximum atomic E-state index is 12.9. The van der Waals surface area contributed by atoms with Crippen molar-refractivity contribution in [2.75, 3.05) is 10.2 Å². The van der Waals surface area contributed by atoms with E-state index in [1.54, 1.807) is 24.3 Å². The number of hydrogen-bond donors (Lipinski definition) is 1. The molecule has 0 atom stereocenters. The average molecular weight is 429 g/mol. The first-order chi connectivity index (χ1) is 15.3. The monoisotopic (exact) mass is 429 g/mol. The third kappa shape index (κ3) is 3.63. The maximum absolute atomic E-state index is 12.9. The van der Waals surface area contributed by atoms with Crippen LogP contribution in [-0.4, -0.2) is 28.4 Å². The minimum Gasteiger partial charge on any atom is -0.322 e. The maximum Gasteiger partial charge on any atom is 0.271 e. The Hall–Kier alpha value is -4.66. The van der Waals surface area contributed by atoms with Crippen molar-refractivity contribution >= 4 is 40.6 Å². The molecule has 9 heteroatoms. The number of ketones is 1. The molecule has 0 fully saturated rings. The molecule has 9 nitrogen and oxygen atoms in total. The zero-order valence-electron chi connectivity index (χ0n) is 16.7. The van der Waals surface area contributed by atoms with Gasteiger partial charge in [0.25, 0.3) is 23.4 Å². The lowest BCUT2D eigenvalue weighted by molar-refractivity contribution is -0.384. The molecule has 0 spiro atoms. The van der Waals surface area contributed by atoms with Crippen LogP contribution in [0.15, 0.2) is 66.7 Å². The van der Waals surface area contributed by atoms with Crippen LogP contribution in [0.2, 0.25) is 0 Å². The summed E-state index contributed by atoms with van der Waals surface area (Å²) in [6.07, 6.45) is 0. The highest BCUT2D eigenvalue weighted by Crippen LogP contribution is 2.31. The van der Waals surface area contributed by atoms with Crippen LogP contribution in [0, 0.1) is 10.1 Å². The summed E-state index contributed by atoms with van der Waals surface area (Å²) < 4.78 is 0. The van der Waals surface area contributed by atoms with Gasteiger partial charge in [0.05, 0.1) is 21.7 Å². The highest BCUT2D eigenvalue weighted by atomic mass is 16.6. The Morgan fingerprint density at radius 3 is 2.19 bits per heavy atom. The smallest absolute Gasteiger partial charge is 0.271 e. The molecule has 0 saturated carbocycles. The van der Waals surface area contributed by atoms with Gasteiger partial charge in [0.2, 0.25) is 0 Å². The second kappa shape index (κ2) is 7.88. The highest BCUT2D eigenvalue weighted by Gasteiger charge is 2.37. The molecular weight excluding hydrogens is 414 g/mol. The summed E-state index contributed by atoms with van der Waals surface area (Å²) in [4.78, 5) is 60.9. The lowest BCUT2D eigenvalue weighted by Crippen LogP contribution is -2.29. The quantitative estimate of drug-likeness (QED) is 0.284. The number of anilines is 2. The van der Waals surface area contributed by atoms with Crippen LogP contribution in [0.1, 0.15) is 48.4 Å². The number of rotatable bonds is 5. The number of nitrogens with zero attached hydrogens (tertiary/aromatic N) is 2. The molecule has 3 amide bonds. The summed E-state index contributed by atoms with van der Waals surface area (Å²) in [5.41, 5.74) is 1.07. The van der Waals surface area contributed by atoms with Crippen molar-refractivity contribution in [3.63, 3.8) is 0 Å². The fraction of sp³-hybridized carbons (Fsp3) is 0.0435. The molecule has 1 aliphatic heterocycles. The number of nitrogens with one attached hydrogen (secondary N) is 1. The van der Waals surface area contributed by atoms with Crippen LogP contribution >= 0.6 is 0 Å². The van der Waals surface area contributed by atoms with Crippen molar-refractivity contribution in [1.29, 1.82) is 0 Å². The molecule has 158 valence electrons. The first-order valence-electron chi connectivity index (χ1n) is 9.46. The van der Waals surface area contributed by atoms with Gasteiger partial charge in [-0.3, -0.25) is 29.3 Å². The lowest BCUT2D eigenvalue weighted by atomic mass is 10.1. The molecule has 0 bridgehead atoms. The summed E-state index contributed by atoms with van der Waals surface area (Å²) in [6, 6.07) is 15.6. The van der Waals surface area contributed by atoms with Crippen molar-refractivity contribution in [3.05, 3.63) is 99.1 Å². The van der Waals surface area contributed by atoms with Crippen LogP contribution < -0.4 is 10.2 Å². The molecule has 1 aliphatic rings. The van der Waals surface area contributed by atoms with Crippen molar-refractivity contribution in [2.24, 2.45) is 0 Å². The minimum atomic E-state index is -0.675. The number of nitro benzene ring substituents is 1. The number of imide groups is 1. The van der Waals surface area contributed by atoms with E-state index in [0.29, 0.717) is 11.3 Å². The number of hydrogen-bond acceptors (Lipinski definition) is 6. The second-order valence-corrected chi connectivity index (χ2v) is 7.07. The first-order valence-corrected chi connectivity index (χ1v) is 9.46. The number of carbonyl (C=O) groups is 4. The van der Waals surface area contributed by atoms with Gasteiger partial charge in [-0.05, 0) is 55.5 Å². The Balaban J connectivity index is 1.60. The van der Waals surface area contributed by atoms with E-state index in [9.17, 15) is 29.3 Å². The molecule has 1 N–H and O–H groups in total. The topological polar surface area (TPSA) is 127 Å². The summed E-state index contributed by atoms with van der Waals surface area (Å²) in [5, 5.41) is 13.7. The van der Waals surface area contributed by atoms with Crippen LogP contribution in [0.25, 0.3) is 0 Å². The van der Waals surface area contributed by atoms with Gasteiger partial charge >= 0.3 is 0 Å². The number of Topliss-reactive ketones (excluding diaryl/α,β-unsaturated/α-hetero) is 1. The second-order valence-electron chi connectivity index (χ2n) is 7.07. The largest absolute Gasteiger partial charge is 0.322 e. The van der Waals surface area contributed by atoms with Gasteiger partial charge < -0.3 is 5.32 Å². The van der Waals surface area contributed by atoms with Gasteiger partial charge in [-0.1, -0.05) is 6.07 Å². The van der Waals surface area contributed by atoms with E-state index >= 15 is 0 Å². The molecule has 0 radical (unpaired) electrons. The number of benzene rings is 3. The van der Waals surface area contributed by atoms with Gasteiger partial charge in [0.1, 0.15) is 0 Å². The van der Waals surface area contributed by atoms with E-state index in [-0.39, 0.29) is 33.8 Å². The summed E-state index contributed by atoms with van der Waals surface area (Å²) in [5.74, 6) is -1.90. The van der Waals surface area contributed by atoms with E-state index in [4.69, 9.17) is 0 Å². The van der Waals surface area contributed by atoms with Gasteiger partial charge in [-0.25, -0.2) is 4.90 Å². The summed E-state index contributed by atoms with van der Waals surface area (Å²) in [6.45, 7) is 1.44. The third-order valence-corrected chi connectivity index (χ3v) is 5.00. The van der Waals surface area contributed by atoms with Crippen molar-refractivity contribution in [2.45, 2.75) is 6.92 Å². The molecule has 0 saturated heterocycles. The van der Waals surface area contributed by atoms with Crippen LogP contribution in [0.3, 0.4) is 0 Å². The number of nitro groups is 1. The third-order valence-electron chi connectivity index (χ3n) is 5.00. The number of non-ortho nitro benzene ring substituents is 1. The predicted octanol–water partition coefficient (Wildman–Crippen LogP) is 3.85. The van der Waals surface area contributed by atoms with Crippen LogP contribution in [0.4, 0.5) is 17.1 Å². The molecule has 3 aromatic carbocycles. The predicted molar refractivity (Wildman–Crippen MR) is 115 cm³/mol. The van der Waals surface area contributed by atoms with Crippen molar-refractivity contribution < 1.29 is 24.1 Å². The number of amides is 3. The number of carbonyl (C=O) groups excluding carboxylic acids is 4. The molecule has 0 aliphatic carbocycles. The van der Waals surface area contributed by atoms with Gasteiger partial charge in [-0.2, -0.15) is 0 Å². The molecule has 0 unspecified atom stereocenters. The molecule has 4 rings (SSSR count). The Morgan fingerprint density at radius 2 is 1.53 bits per heavy atom. The van der Waals surface area contributed by atoms with E-state index < -0.39 is 22.6 Å². The van der Waals surface area contributed by atoms with Gasteiger partial charge in [0, 0.05) is 28.9 Å². The molecule has 1 heterocycles. The zero-order valence-corrected chi connectivity index (χ0v) is 16.7. The SMILES string of the molecule is CC(=O)c1ccc(NC(=O)c2ccc3c(c2)C(=O)N(c2cccc([N+](=O)[O-])c2)C3=O)cc1. The standard InChI is InChI=1S/C23H15N3O6/c1-13(27)14-5-8-16(9-6-14)24-21(28)15-7-10-19-20(11-15)23(30)25(22(19)29)17-3-2-4-18(12-17)26(31)32/h2-12H,1H3,(H,24,28). The Morgan fingerprint density at radius 1 is 0.875 bits per heavy atom. The van der Waals surface area contributed by atoms with E-state index in [1.807, 2.05) is 0 Å². The van der Waals surface area contributed by atoms with Crippen molar-refractivity contribution in [3.8, 4) is 0 Å². The Kier molecular flexibility index (Phi) is 5.07. The van der Waals surface area contributed by atoms with E-state index in [1.165, 1.54) is 43.3 Å². The Labute approximate surface area is 181 Å². The van der Waals surface area contributed by atoms with Gasteiger partial charge in [-0.15, -0.1) is 0 Å². The normalized spacial score (nSPS) is 12.5. The summed E-state index contributed by atoms with van der Waals surface area (Å²) >= 11 is 0. The number of fused-ring (bicyclic) bond motifs is 1. The molecule has 3 aromatic rings. The average Bonchev–Trinajstić information content (AvgIpc) is 3.03. The van der Waals surface area contributed by atoms with Crippen LogP contribution in [0.5, 0.6) is 0 Å². The molecule has 32 heavy (non-hydrogen) atoms. The fourth-order valence-corrected chi connectivity index (χ4v) is 3.35. The first kappa shape index (κ1) is 20.6.